The molecule has 0 heterocycles. The summed E-state index contributed by atoms with van der Waals surface area (Å²) in [6.07, 6.45) is 6.56. The van der Waals surface area contributed by atoms with Gasteiger partial charge in [-0.1, -0.05) is 50.1 Å². The first-order valence-electron chi connectivity index (χ1n) is 9.62. The number of amides is 1. The molecule has 0 aliphatic heterocycles. The molecule has 1 N–H and O–H groups in total. The van der Waals surface area contributed by atoms with Crippen LogP contribution in [0.1, 0.15) is 45.1 Å². The highest BCUT2D eigenvalue weighted by Gasteiger charge is 2.64. The van der Waals surface area contributed by atoms with Gasteiger partial charge in [0.15, 0.2) is 0 Å². The number of hydrogen-bond acceptors (Lipinski definition) is 3. The molecule has 0 saturated heterocycles. The van der Waals surface area contributed by atoms with Crippen molar-refractivity contribution in [3.8, 4) is 5.75 Å². The zero-order chi connectivity index (χ0) is 18.1. The second-order valence-corrected chi connectivity index (χ2v) is 7.70. The lowest BCUT2D eigenvalue weighted by atomic mass is 9.90. The SMILES string of the molecule is CCOc1ccc2ccccc2c1C=NNC(=O)C1C2CCCCC21C. The Hall–Kier alpha value is -2.36. The van der Waals surface area contributed by atoms with Crippen LogP contribution in [0.4, 0.5) is 0 Å². The van der Waals surface area contributed by atoms with E-state index in [1.165, 1.54) is 19.3 Å². The Balaban J connectivity index is 1.53. The third kappa shape index (κ3) is 2.87. The second kappa shape index (κ2) is 6.75. The first-order valence-corrected chi connectivity index (χ1v) is 9.62. The van der Waals surface area contributed by atoms with Gasteiger partial charge in [-0.25, -0.2) is 5.43 Å². The van der Waals surface area contributed by atoms with Gasteiger partial charge in [0, 0.05) is 11.5 Å². The van der Waals surface area contributed by atoms with Gasteiger partial charge in [0.25, 0.3) is 0 Å². The van der Waals surface area contributed by atoms with Crippen LogP contribution in [0, 0.1) is 17.3 Å². The molecule has 0 spiro atoms. The highest BCUT2D eigenvalue weighted by Crippen LogP contribution is 2.66. The minimum Gasteiger partial charge on any atom is -0.493 e. The maximum Gasteiger partial charge on any atom is 0.244 e. The van der Waals surface area contributed by atoms with Gasteiger partial charge < -0.3 is 4.74 Å². The summed E-state index contributed by atoms with van der Waals surface area (Å²) in [5.74, 6) is 1.52. The zero-order valence-corrected chi connectivity index (χ0v) is 15.5. The molecule has 4 nitrogen and oxygen atoms in total. The van der Waals surface area contributed by atoms with Crippen LogP contribution in [0.2, 0.25) is 0 Å². The Labute approximate surface area is 154 Å². The average Bonchev–Trinajstić information content (AvgIpc) is 3.29. The number of carbonyl (C=O) groups is 1. The van der Waals surface area contributed by atoms with Gasteiger partial charge in [-0.3, -0.25) is 4.79 Å². The van der Waals surface area contributed by atoms with E-state index in [9.17, 15) is 4.79 Å². The summed E-state index contributed by atoms with van der Waals surface area (Å²) in [4.78, 5) is 12.6. The smallest absolute Gasteiger partial charge is 0.244 e. The zero-order valence-electron chi connectivity index (χ0n) is 15.5. The summed E-state index contributed by atoms with van der Waals surface area (Å²) in [5.41, 5.74) is 3.89. The third-order valence-electron chi connectivity index (χ3n) is 6.21. The van der Waals surface area contributed by atoms with E-state index in [2.05, 4.69) is 29.6 Å². The number of nitrogens with zero attached hydrogens (tertiary/aromatic N) is 1. The quantitative estimate of drug-likeness (QED) is 0.637. The Bertz CT molecular complexity index is 860. The molecule has 4 heteroatoms. The third-order valence-corrected chi connectivity index (χ3v) is 6.21. The summed E-state index contributed by atoms with van der Waals surface area (Å²) in [6.45, 7) is 4.81. The van der Waals surface area contributed by atoms with Gasteiger partial charge in [0.2, 0.25) is 5.91 Å². The van der Waals surface area contributed by atoms with E-state index in [0.717, 1.165) is 28.5 Å². The first kappa shape index (κ1) is 17.1. The molecule has 4 rings (SSSR count). The fourth-order valence-corrected chi connectivity index (χ4v) is 4.77. The Kier molecular flexibility index (Phi) is 4.43. The van der Waals surface area contributed by atoms with E-state index in [1.807, 2.05) is 31.2 Å². The maximum atomic E-state index is 12.6. The molecule has 2 aliphatic carbocycles. The largest absolute Gasteiger partial charge is 0.493 e. The van der Waals surface area contributed by atoms with E-state index >= 15 is 0 Å². The fourth-order valence-electron chi connectivity index (χ4n) is 4.77. The lowest BCUT2D eigenvalue weighted by Gasteiger charge is -2.15. The van der Waals surface area contributed by atoms with E-state index in [-0.39, 0.29) is 17.2 Å². The first-order chi connectivity index (χ1) is 12.6. The summed E-state index contributed by atoms with van der Waals surface area (Å²) in [7, 11) is 0. The molecule has 0 radical (unpaired) electrons. The molecule has 2 aromatic carbocycles. The Morgan fingerprint density at radius 1 is 1.31 bits per heavy atom. The molecular weight excluding hydrogens is 324 g/mol. The molecule has 3 unspecified atom stereocenters. The number of rotatable bonds is 5. The van der Waals surface area contributed by atoms with Crippen LogP contribution in [-0.4, -0.2) is 18.7 Å². The molecule has 3 atom stereocenters. The van der Waals surface area contributed by atoms with Gasteiger partial charge >= 0.3 is 0 Å². The van der Waals surface area contributed by atoms with Gasteiger partial charge in [-0.05, 0) is 47.9 Å². The van der Waals surface area contributed by atoms with Crippen molar-refractivity contribution < 1.29 is 9.53 Å². The Morgan fingerprint density at radius 3 is 2.92 bits per heavy atom. The minimum atomic E-state index is 0.0637. The minimum absolute atomic E-state index is 0.0637. The van der Waals surface area contributed by atoms with Crippen LogP contribution in [0.25, 0.3) is 10.8 Å². The predicted octanol–water partition coefficient (Wildman–Crippen LogP) is 4.51. The van der Waals surface area contributed by atoms with Crippen molar-refractivity contribution in [3.05, 3.63) is 42.0 Å². The van der Waals surface area contributed by atoms with E-state index in [4.69, 9.17) is 4.74 Å². The van der Waals surface area contributed by atoms with Crippen molar-refractivity contribution >= 4 is 22.9 Å². The predicted molar refractivity (Wildman–Crippen MR) is 104 cm³/mol. The van der Waals surface area contributed by atoms with Crippen LogP contribution in [0.15, 0.2) is 41.5 Å². The normalized spacial score (nSPS) is 27.3. The average molecular weight is 350 g/mol. The molecule has 2 fully saturated rings. The van der Waals surface area contributed by atoms with Crippen LogP contribution < -0.4 is 10.2 Å². The standard InChI is InChI=1S/C22H26N2O2/c1-3-26-19-12-11-15-8-4-5-9-16(15)17(19)14-23-24-21(25)20-18-10-6-7-13-22(18,20)2/h4-5,8-9,11-12,14,18,20H,3,6-7,10,13H2,1-2H3,(H,24,25). The molecule has 1 amide bonds. The number of nitrogens with one attached hydrogen (secondary N) is 1. The highest BCUT2D eigenvalue weighted by molar-refractivity contribution is 6.02. The van der Waals surface area contributed by atoms with Crippen molar-refractivity contribution in [2.45, 2.75) is 39.5 Å². The second-order valence-electron chi connectivity index (χ2n) is 7.70. The maximum absolute atomic E-state index is 12.6. The number of benzene rings is 2. The van der Waals surface area contributed by atoms with E-state index in [0.29, 0.717) is 12.5 Å². The van der Waals surface area contributed by atoms with E-state index in [1.54, 1.807) is 6.21 Å². The van der Waals surface area contributed by atoms with Gasteiger partial charge in [-0.15, -0.1) is 0 Å². The summed E-state index contributed by atoms with van der Waals surface area (Å²) < 4.78 is 5.75. The lowest BCUT2D eigenvalue weighted by molar-refractivity contribution is -0.123. The fraction of sp³-hybridized carbons (Fsp3) is 0.455. The lowest BCUT2D eigenvalue weighted by Crippen LogP contribution is -2.22. The van der Waals surface area contributed by atoms with Crippen molar-refractivity contribution in [2.24, 2.45) is 22.4 Å². The van der Waals surface area contributed by atoms with E-state index < -0.39 is 0 Å². The van der Waals surface area contributed by atoms with Crippen LogP contribution >= 0.6 is 0 Å². The summed E-state index contributed by atoms with van der Waals surface area (Å²) in [5, 5.41) is 6.48. The molecule has 0 aromatic heterocycles. The van der Waals surface area contributed by atoms with Gasteiger partial charge in [0.1, 0.15) is 5.75 Å². The van der Waals surface area contributed by atoms with Crippen molar-refractivity contribution in [2.75, 3.05) is 6.61 Å². The topological polar surface area (TPSA) is 50.7 Å². The van der Waals surface area contributed by atoms with Crippen LogP contribution in [0.3, 0.4) is 0 Å². The summed E-state index contributed by atoms with van der Waals surface area (Å²) in [6, 6.07) is 12.1. The Morgan fingerprint density at radius 2 is 2.15 bits per heavy atom. The molecule has 0 bridgehead atoms. The number of hydrogen-bond donors (Lipinski definition) is 1. The highest BCUT2D eigenvalue weighted by atomic mass is 16.5. The van der Waals surface area contributed by atoms with Gasteiger partial charge in [-0.2, -0.15) is 5.10 Å². The molecular formula is C22H26N2O2. The number of ether oxygens (including phenoxy) is 1. The van der Waals surface area contributed by atoms with Crippen LogP contribution in [-0.2, 0) is 4.79 Å². The number of hydrazone groups is 1. The molecule has 2 aliphatic rings. The van der Waals surface area contributed by atoms with Crippen molar-refractivity contribution in [3.63, 3.8) is 0 Å². The molecule has 2 saturated carbocycles. The van der Waals surface area contributed by atoms with Crippen LogP contribution in [0.5, 0.6) is 5.75 Å². The van der Waals surface area contributed by atoms with Crippen molar-refractivity contribution in [1.82, 2.24) is 5.43 Å². The van der Waals surface area contributed by atoms with Gasteiger partial charge in [0.05, 0.1) is 12.8 Å². The number of carbonyl (C=O) groups excluding carboxylic acids is 1. The van der Waals surface area contributed by atoms with Crippen molar-refractivity contribution in [1.29, 1.82) is 0 Å². The number of fused-ring (bicyclic) bond motifs is 2. The monoisotopic (exact) mass is 350 g/mol. The summed E-state index contributed by atoms with van der Waals surface area (Å²) >= 11 is 0. The molecule has 2 aromatic rings. The molecule has 136 valence electrons. The molecule has 26 heavy (non-hydrogen) atoms.